The minimum absolute atomic E-state index is 0.0721. The van der Waals surface area contributed by atoms with Crippen LogP contribution in [-0.2, 0) is 4.74 Å². The van der Waals surface area contributed by atoms with Crippen LogP contribution in [0.25, 0.3) is 0 Å². The Hall–Kier alpha value is -2.07. The highest BCUT2D eigenvalue weighted by Crippen LogP contribution is 2.25. The van der Waals surface area contributed by atoms with Crippen LogP contribution in [0, 0.1) is 0 Å². The smallest absolute Gasteiger partial charge is 0.289 e. The lowest BCUT2D eigenvalue weighted by molar-refractivity contribution is -0.0237. The Morgan fingerprint density at radius 3 is 2.64 bits per heavy atom. The van der Waals surface area contributed by atoms with E-state index in [4.69, 9.17) is 9.15 Å². The lowest BCUT2D eigenvalue weighted by atomic mass is 9.99. The van der Waals surface area contributed by atoms with Crippen LogP contribution < -0.4 is 0 Å². The second-order valence-corrected chi connectivity index (χ2v) is 5.91. The van der Waals surface area contributed by atoms with Crippen molar-refractivity contribution in [2.75, 3.05) is 19.7 Å². The maximum atomic E-state index is 12.4. The van der Waals surface area contributed by atoms with Crippen molar-refractivity contribution in [3.63, 3.8) is 0 Å². The maximum absolute atomic E-state index is 12.4. The minimum Gasteiger partial charge on any atom is -0.459 e. The highest BCUT2D eigenvalue weighted by molar-refractivity contribution is 5.91. The zero-order valence-corrected chi connectivity index (χ0v) is 13.0. The highest BCUT2D eigenvalue weighted by atomic mass is 16.5. The SMILES string of the molecule is CC(C)c1ccc(C2CN(C(=O)c3ccco3)CCO2)cc1. The zero-order chi connectivity index (χ0) is 15.5. The molecule has 1 aliphatic heterocycles. The van der Waals surface area contributed by atoms with Gasteiger partial charge in [-0.3, -0.25) is 4.79 Å². The monoisotopic (exact) mass is 299 g/mol. The molecule has 1 fully saturated rings. The van der Waals surface area contributed by atoms with Gasteiger partial charge >= 0.3 is 0 Å². The molecule has 1 saturated heterocycles. The van der Waals surface area contributed by atoms with Crippen molar-refractivity contribution in [2.45, 2.75) is 25.9 Å². The Bertz CT molecular complexity index is 616. The molecule has 2 aromatic rings. The van der Waals surface area contributed by atoms with Crippen molar-refractivity contribution in [3.05, 3.63) is 59.5 Å². The lowest BCUT2D eigenvalue weighted by Gasteiger charge is -2.32. The lowest BCUT2D eigenvalue weighted by Crippen LogP contribution is -2.42. The van der Waals surface area contributed by atoms with Crippen molar-refractivity contribution in [1.82, 2.24) is 4.90 Å². The van der Waals surface area contributed by atoms with Gasteiger partial charge in [0.05, 0.1) is 19.4 Å². The highest BCUT2D eigenvalue weighted by Gasteiger charge is 2.27. The van der Waals surface area contributed by atoms with Crippen LogP contribution in [0.2, 0.25) is 0 Å². The molecule has 116 valence electrons. The molecule has 4 heteroatoms. The summed E-state index contributed by atoms with van der Waals surface area (Å²) < 4.78 is 11.0. The van der Waals surface area contributed by atoms with Crippen molar-refractivity contribution < 1.29 is 13.9 Å². The standard InChI is InChI=1S/C18H21NO3/c1-13(2)14-5-7-15(8-6-14)17-12-19(9-11-22-17)18(20)16-4-3-10-21-16/h3-8,10,13,17H,9,11-12H2,1-2H3. The van der Waals surface area contributed by atoms with Gasteiger partial charge < -0.3 is 14.1 Å². The van der Waals surface area contributed by atoms with E-state index in [0.717, 1.165) is 5.56 Å². The number of benzene rings is 1. The molecule has 2 heterocycles. The van der Waals surface area contributed by atoms with E-state index in [1.165, 1.54) is 11.8 Å². The largest absolute Gasteiger partial charge is 0.459 e. The minimum atomic E-state index is -0.0751. The van der Waals surface area contributed by atoms with Gasteiger partial charge in [-0.25, -0.2) is 0 Å². The van der Waals surface area contributed by atoms with Gasteiger partial charge in [-0.1, -0.05) is 38.1 Å². The summed E-state index contributed by atoms with van der Waals surface area (Å²) in [7, 11) is 0. The summed E-state index contributed by atoms with van der Waals surface area (Å²) >= 11 is 0. The van der Waals surface area contributed by atoms with E-state index in [1.54, 1.807) is 17.0 Å². The van der Waals surface area contributed by atoms with Crippen molar-refractivity contribution in [3.8, 4) is 0 Å². The number of rotatable bonds is 3. The average Bonchev–Trinajstić information content (AvgIpc) is 3.09. The van der Waals surface area contributed by atoms with Crippen LogP contribution in [0.3, 0.4) is 0 Å². The van der Waals surface area contributed by atoms with Gasteiger partial charge in [-0.15, -0.1) is 0 Å². The topological polar surface area (TPSA) is 42.7 Å². The van der Waals surface area contributed by atoms with Crippen LogP contribution in [0.5, 0.6) is 0 Å². The van der Waals surface area contributed by atoms with Crippen molar-refractivity contribution in [2.24, 2.45) is 0 Å². The molecule has 0 radical (unpaired) electrons. The summed E-state index contributed by atoms with van der Waals surface area (Å²) in [6.07, 6.45) is 1.45. The normalized spacial score (nSPS) is 18.7. The Morgan fingerprint density at radius 2 is 2.00 bits per heavy atom. The average molecular weight is 299 g/mol. The van der Waals surface area contributed by atoms with Crippen LogP contribution in [0.1, 0.15) is 47.6 Å². The molecule has 0 bridgehead atoms. The number of morpholine rings is 1. The Morgan fingerprint density at radius 1 is 1.23 bits per heavy atom. The summed E-state index contributed by atoms with van der Waals surface area (Å²) in [4.78, 5) is 14.2. The van der Waals surface area contributed by atoms with Crippen LogP contribution in [-0.4, -0.2) is 30.5 Å². The first kappa shape index (κ1) is 14.9. The molecule has 22 heavy (non-hydrogen) atoms. The number of amides is 1. The van der Waals surface area contributed by atoms with E-state index in [-0.39, 0.29) is 12.0 Å². The van der Waals surface area contributed by atoms with Crippen molar-refractivity contribution >= 4 is 5.91 Å². The fourth-order valence-electron chi connectivity index (χ4n) is 2.69. The maximum Gasteiger partial charge on any atom is 0.289 e. The molecule has 1 aromatic heterocycles. The van der Waals surface area contributed by atoms with Gasteiger partial charge in [0.2, 0.25) is 0 Å². The number of hydrogen-bond acceptors (Lipinski definition) is 3. The predicted molar refractivity (Wildman–Crippen MR) is 83.8 cm³/mol. The number of nitrogens with zero attached hydrogens (tertiary/aromatic N) is 1. The van der Waals surface area contributed by atoms with Gasteiger partial charge in [0.1, 0.15) is 6.10 Å². The molecule has 1 aliphatic rings. The molecule has 1 amide bonds. The van der Waals surface area contributed by atoms with Gasteiger partial charge in [0.25, 0.3) is 5.91 Å². The number of carbonyl (C=O) groups is 1. The van der Waals surface area contributed by atoms with E-state index in [9.17, 15) is 4.79 Å². The van der Waals surface area contributed by atoms with Crippen LogP contribution >= 0.6 is 0 Å². The second kappa shape index (κ2) is 6.36. The van der Waals surface area contributed by atoms with E-state index in [2.05, 4.69) is 38.1 Å². The number of hydrogen-bond donors (Lipinski definition) is 0. The zero-order valence-electron chi connectivity index (χ0n) is 13.0. The third-order valence-electron chi connectivity index (χ3n) is 4.06. The Labute approximate surface area is 130 Å². The summed E-state index contributed by atoms with van der Waals surface area (Å²) in [5.41, 5.74) is 2.42. The first-order valence-corrected chi connectivity index (χ1v) is 7.69. The van der Waals surface area contributed by atoms with E-state index in [1.807, 2.05) is 0 Å². The van der Waals surface area contributed by atoms with Crippen LogP contribution in [0.15, 0.2) is 47.1 Å². The first-order valence-electron chi connectivity index (χ1n) is 7.69. The number of ether oxygens (including phenoxy) is 1. The summed E-state index contributed by atoms with van der Waals surface area (Å²) in [5, 5.41) is 0. The molecule has 0 saturated carbocycles. The van der Waals surface area contributed by atoms with E-state index >= 15 is 0 Å². The molecule has 1 aromatic carbocycles. The third kappa shape index (κ3) is 3.07. The molecular formula is C18H21NO3. The number of furan rings is 1. The second-order valence-electron chi connectivity index (χ2n) is 5.91. The Balaban J connectivity index is 1.71. The summed E-state index contributed by atoms with van der Waals surface area (Å²) in [6, 6.07) is 11.9. The fourth-order valence-corrected chi connectivity index (χ4v) is 2.69. The first-order chi connectivity index (χ1) is 10.6. The molecule has 3 rings (SSSR count). The molecule has 0 N–H and O–H groups in total. The predicted octanol–water partition coefficient (Wildman–Crippen LogP) is 3.62. The Kier molecular flexibility index (Phi) is 4.29. The molecule has 0 aliphatic carbocycles. The molecule has 1 atom stereocenters. The summed E-state index contributed by atoms with van der Waals surface area (Å²) in [6.45, 7) is 6.05. The van der Waals surface area contributed by atoms with Gasteiger partial charge in [0, 0.05) is 6.54 Å². The van der Waals surface area contributed by atoms with Crippen LogP contribution in [0.4, 0.5) is 0 Å². The van der Waals surface area contributed by atoms with E-state index in [0.29, 0.717) is 31.4 Å². The van der Waals surface area contributed by atoms with Gasteiger partial charge in [-0.2, -0.15) is 0 Å². The van der Waals surface area contributed by atoms with E-state index < -0.39 is 0 Å². The molecular weight excluding hydrogens is 278 g/mol. The fraction of sp³-hybridized carbons (Fsp3) is 0.389. The molecule has 4 nitrogen and oxygen atoms in total. The van der Waals surface area contributed by atoms with Gasteiger partial charge in [0.15, 0.2) is 5.76 Å². The number of carbonyl (C=O) groups excluding carboxylic acids is 1. The third-order valence-corrected chi connectivity index (χ3v) is 4.06. The molecule has 0 spiro atoms. The summed E-state index contributed by atoms with van der Waals surface area (Å²) in [5.74, 6) is 0.825. The van der Waals surface area contributed by atoms with Gasteiger partial charge in [-0.05, 0) is 29.2 Å². The van der Waals surface area contributed by atoms with Crippen molar-refractivity contribution in [1.29, 1.82) is 0 Å². The molecule has 1 unspecified atom stereocenters. The quantitative estimate of drug-likeness (QED) is 0.869.